The summed E-state index contributed by atoms with van der Waals surface area (Å²) < 4.78 is 0. The van der Waals surface area contributed by atoms with Crippen LogP contribution in [0.25, 0.3) is 0 Å². The lowest BCUT2D eigenvalue weighted by atomic mass is 10.2. The molecule has 0 atom stereocenters. The summed E-state index contributed by atoms with van der Waals surface area (Å²) >= 11 is 0. The smallest absolute Gasteiger partial charge is 0.0234 e. The first-order chi connectivity index (χ1) is 10.4. The molecule has 3 nitrogen and oxygen atoms in total. The van der Waals surface area contributed by atoms with Gasteiger partial charge >= 0.3 is 0 Å². The molecule has 2 heterocycles. The SMILES string of the molecule is c1ccc(CN2CCN(CCCN3CCCC3)CC2)cc1. The summed E-state index contributed by atoms with van der Waals surface area (Å²) in [5.74, 6) is 0. The Kier molecular flexibility index (Phi) is 5.67. The molecule has 0 spiro atoms. The van der Waals surface area contributed by atoms with Gasteiger partial charge in [-0.2, -0.15) is 0 Å². The Hall–Kier alpha value is -0.900. The van der Waals surface area contributed by atoms with Crippen LogP contribution < -0.4 is 0 Å². The molecule has 2 fully saturated rings. The topological polar surface area (TPSA) is 9.72 Å². The van der Waals surface area contributed by atoms with E-state index in [0.29, 0.717) is 0 Å². The van der Waals surface area contributed by atoms with Gasteiger partial charge in [-0.15, -0.1) is 0 Å². The number of nitrogens with zero attached hydrogens (tertiary/aromatic N) is 3. The van der Waals surface area contributed by atoms with Crippen LogP contribution in [0.4, 0.5) is 0 Å². The van der Waals surface area contributed by atoms with Gasteiger partial charge in [0.25, 0.3) is 0 Å². The summed E-state index contributed by atoms with van der Waals surface area (Å²) in [6, 6.07) is 10.9. The molecule has 0 radical (unpaired) electrons. The van der Waals surface area contributed by atoms with E-state index < -0.39 is 0 Å². The van der Waals surface area contributed by atoms with Gasteiger partial charge in [0.1, 0.15) is 0 Å². The molecule has 1 aromatic carbocycles. The van der Waals surface area contributed by atoms with Crippen LogP contribution in [0.15, 0.2) is 30.3 Å². The van der Waals surface area contributed by atoms with E-state index in [1.807, 2.05) is 0 Å². The van der Waals surface area contributed by atoms with Crippen molar-refractivity contribution in [2.45, 2.75) is 25.8 Å². The van der Waals surface area contributed by atoms with Crippen molar-refractivity contribution in [3.63, 3.8) is 0 Å². The zero-order valence-electron chi connectivity index (χ0n) is 13.2. The van der Waals surface area contributed by atoms with E-state index in [1.165, 1.54) is 77.2 Å². The summed E-state index contributed by atoms with van der Waals surface area (Å²) in [7, 11) is 0. The molecule has 0 aliphatic carbocycles. The van der Waals surface area contributed by atoms with Gasteiger partial charge in [0.2, 0.25) is 0 Å². The third kappa shape index (κ3) is 4.80. The molecule has 0 saturated carbocycles. The van der Waals surface area contributed by atoms with Gasteiger partial charge in [-0.05, 0) is 51.0 Å². The average molecular weight is 287 g/mol. The van der Waals surface area contributed by atoms with E-state index in [4.69, 9.17) is 0 Å². The maximum atomic E-state index is 2.65. The van der Waals surface area contributed by atoms with Crippen molar-refractivity contribution in [3.8, 4) is 0 Å². The second kappa shape index (κ2) is 7.92. The van der Waals surface area contributed by atoms with E-state index in [0.717, 1.165) is 6.54 Å². The van der Waals surface area contributed by atoms with Gasteiger partial charge < -0.3 is 9.80 Å². The van der Waals surface area contributed by atoms with Gasteiger partial charge in [-0.3, -0.25) is 4.90 Å². The van der Waals surface area contributed by atoms with Crippen LogP contribution in [0, 0.1) is 0 Å². The second-order valence-electron chi connectivity index (χ2n) is 6.51. The van der Waals surface area contributed by atoms with Gasteiger partial charge in [0, 0.05) is 32.7 Å². The van der Waals surface area contributed by atoms with E-state index in [2.05, 4.69) is 45.0 Å². The molecule has 2 aliphatic heterocycles. The molecule has 0 amide bonds. The van der Waals surface area contributed by atoms with E-state index in [1.54, 1.807) is 0 Å². The number of hydrogen-bond acceptors (Lipinski definition) is 3. The molecular weight excluding hydrogens is 258 g/mol. The van der Waals surface area contributed by atoms with Crippen molar-refractivity contribution in [1.29, 1.82) is 0 Å². The average Bonchev–Trinajstić information content (AvgIpc) is 3.03. The normalized spacial score (nSPS) is 21.9. The molecule has 1 aromatic rings. The monoisotopic (exact) mass is 287 g/mol. The highest BCUT2D eigenvalue weighted by Crippen LogP contribution is 2.10. The number of benzene rings is 1. The van der Waals surface area contributed by atoms with Crippen molar-refractivity contribution in [2.24, 2.45) is 0 Å². The summed E-state index contributed by atoms with van der Waals surface area (Å²) in [6.07, 6.45) is 4.18. The quantitative estimate of drug-likeness (QED) is 0.795. The first-order valence-corrected chi connectivity index (χ1v) is 8.61. The molecule has 2 saturated heterocycles. The van der Waals surface area contributed by atoms with E-state index in [9.17, 15) is 0 Å². The maximum Gasteiger partial charge on any atom is 0.0234 e. The highest BCUT2D eigenvalue weighted by molar-refractivity contribution is 5.14. The van der Waals surface area contributed by atoms with Crippen molar-refractivity contribution in [3.05, 3.63) is 35.9 Å². The van der Waals surface area contributed by atoms with E-state index >= 15 is 0 Å². The van der Waals surface area contributed by atoms with Crippen molar-refractivity contribution in [1.82, 2.24) is 14.7 Å². The first kappa shape index (κ1) is 15.0. The van der Waals surface area contributed by atoms with Crippen LogP contribution in [0.5, 0.6) is 0 Å². The Balaban J connectivity index is 1.31. The number of piperazine rings is 1. The summed E-state index contributed by atoms with van der Waals surface area (Å²) in [4.78, 5) is 7.87. The number of likely N-dealkylation sites (tertiary alicyclic amines) is 1. The maximum absolute atomic E-state index is 2.65. The Labute approximate surface area is 129 Å². The Morgan fingerprint density at radius 3 is 1.90 bits per heavy atom. The number of rotatable bonds is 6. The first-order valence-electron chi connectivity index (χ1n) is 8.61. The largest absolute Gasteiger partial charge is 0.303 e. The molecule has 116 valence electrons. The Morgan fingerprint density at radius 1 is 0.667 bits per heavy atom. The van der Waals surface area contributed by atoms with Gasteiger partial charge in [-0.1, -0.05) is 30.3 Å². The minimum absolute atomic E-state index is 1.11. The van der Waals surface area contributed by atoms with Crippen LogP contribution in [0.1, 0.15) is 24.8 Å². The molecule has 3 heteroatoms. The fourth-order valence-electron chi connectivity index (χ4n) is 3.54. The second-order valence-corrected chi connectivity index (χ2v) is 6.51. The predicted octanol–water partition coefficient (Wildman–Crippen LogP) is 2.29. The lowest BCUT2D eigenvalue weighted by Crippen LogP contribution is -2.46. The minimum atomic E-state index is 1.11. The zero-order chi connectivity index (χ0) is 14.3. The highest BCUT2D eigenvalue weighted by Gasteiger charge is 2.17. The summed E-state index contributed by atoms with van der Waals surface area (Å²) in [5.41, 5.74) is 1.44. The van der Waals surface area contributed by atoms with Crippen LogP contribution in [-0.2, 0) is 6.54 Å². The highest BCUT2D eigenvalue weighted by atomic mass is 15.3. The fraction of sp³-hybridized carbons (Fsp3) is 0.667. The predicted molar refractivity (Wildman–Crippen MR) is 88.5 cm³/mol. The van der Waals surface area contributed by atoms with Crippen LogP contribution in [-0.4, -0.2) is 67.1 Å². The fourth-order valence-corrected chi connectivity index (χ4v) is 3.54. The third-order valence-corrected chi connectivity index (χ3v) is 4.86. The lowest BCUT2D eigenvalue weighted by molar-refractivity contribution is 0.123. The Bertz CT molecular complexity index is 392. The molecule has 0 N–H and O–H groups in total. The van der Waals surface area contributed by atoms with Crippen LogP contribution in [0.2, 0.25) is 0 Å². The third-order valence-electron chi connectivity index (χ3n) is 4.86. The van der Waals surface area contributed by atoms with Crippen molar-refractivity contribution >= 4 is 0 Å². The minimum Gasteiger partial charge on any atom is -0.303 e. The van der Waals surface area contributed by atoms with Crippen LogP contribution >= 0.6 is 0 Å². The standard InChI is InChI=1S/C18H29N3/c1-2-7-18(8-3-1)17-21-15-13-20(14-16-21)12-6-11-19-9-4-5-10-19/h1-3,7-8H,4-6,9-17H2. The number of hydrogen-bond donors (Lipinski definition) is 0. The van der Waals surface area contributed by atoms with Crippen molar-refractivity contribution < 1.29 is 0 Å². The zero-order valence-corrected chi connectivity index (χ0v) is 13.2. The molecule has 0 bridgehead atoms. The van der Waals surface area contributed by atoms with Crippen LogP contribution in [0.3, 0.4) is 0 Å². The molecule has 3 rings (SSSR count). The lowest BCUT2D eigenvalue weighted by Gasteiger charge is -2.35. The molecule has 2 aliphatic rings. The van der Waals surface area contributed by atoms with E-state index in [-0.39, 0.29) is 0 Å². The summed E-state index contributed by atoms with van der Waals surface area (Å²) in [6.45, 7) is 11.3. The van der Waals surface area contributed by atoms with Crippen molar-refractivity contribution in [2.75, 3.05) is 52.4 Å². The molecule has 0 aromatic heterocycles. The Morgan fingerprint density at radius 2 is 1.24 bits per heavy atom. The van der Waals surface area contributed by atoms with Gasteiger partial charge in [0.15, 0.2) is 0 Å². The van der Waals surface area contributed by atoms with Gasteiger partial charge in [-0.25, -0.2) is 0 Å². The summed E-state index contributed by atoms with van der Waals surface area (Å²) in [5, 5.41) is 0. The molecular formula is C18H29N3. The van der Waals surface area contributed by atoms with Gasteiger partial charge in [0.05, 0.1) is 0 Å². The molecule has 21 heavy (non-hydrogen) atoms. The molecule has 0 unspecified atom stereocenters.